The van der Waals surface area contributed by atoms with Gasteiger partial charge in [-0.05, 0) is 26.7 Å². The van der Waals surface area contributed by atoms with E-state index in [-0.39, 0.29) is 0 Å². The van der Waals surface area contributed by atoms with Crippen LogP contribution in [0.5, 0.6) is 0 Å². The molecule has 1 N–H and O–H groups in total. The van der Waals surface area contributed by atoms with Crippen LogP contribution in [0.2, 0.25) is 0 Å². The molecule has 0 bridgehead atoms. The van der Waals surface area contributed by atoms with E-state index in [9.17, 15) is 0 Å². The molecule has 0 aliphatic heterocycles. The fourth-order valence-electron chi connectivity index (χ4n) is 1.07. The third-order valence-electron chi connectivity index (χ3n) is 1.94. The maximum Gasteiger partial charge on any atom is 0.0703 e. The number of rotatable bonds is 8. The molecule has 0 unspecified atom stereocenters. The maximum absolute atomic E-state index is 5.37. The third-order valence-corrected chi connectivity index (χ3v) is 1.94. The average molecular weight is 187 g/mol. The van der Waals surface area contributed by atoms with Gasteiger partial charge in [-0.1, -0.05) is 0 Å². The summed E-state index contributed by atoms with van der Waals surface area (Å²) < 4.78 is 10.7. The minimum atomic E-state index is 0.313. The number of ether oxygens (including phenoxy) is 2. The molecule has 0 spiro atoms. The molecule has 1 aliphatic carbocycles. The fourth-order valence-corrected chi connectivity index (χ4v) is 1.07. The van der Waals surface area contributed by atoms with Gasteiger partial charge in [-0.2, -0.15) is 0 Å². The van der Waals surface area contributed by atoms with E-state index in [2.05, 4.69) is 5.32 Å². The smallest absolute Gasteiger partial charge is 0.0703 e. The Morgan fingerprint density at radius 2 is 2.00 bits per heavy atom. The van der Waals surface area contributed by atoms with Gasteiger partial charge in [0.05, 0.1) is 25.9 Å². The zero-order valence-corrected chi connectivity index (χ0v) is 8.71. The molecule has 1 fully saturated rings. The van der Waals surface area contributed by atoms with Crippen molar-refractivity contribution in [2.75, 3.05) is 26.4 Å². The van der Waals surface area contributed by atoms with Crippen LogP contribution in [0.15, 0.2) is 0 Å². The van der Waals surface area contributed by atoms with Crippen LogP contribution in [0.25, 0.3) is 0 Å². The highest BCUT2D eigenvalue weighted by molar-refractivity contribution is 4.80. The molecule has 0 aromatic heterocycles. The summed E-state index contributed by atoms with van der Waals surface area (Å²) in [6.45, 7) is 7.28. The molecule has 0 atom stereocenters. The number of hydrogen-bond donors (Lipinski definition) is 1. The van der Waals surface area contributed by atoms with Crippen LogP contribution in [0.4, 0.5) is 0 Å². The topological polar surface area (TPSA) is 30.5 Å². The van der Waals surface area contributed by atoms with Crippen molar-refractivity contribution in [2.24, 2.45) is 0 Å². The summed E-state index contributed by atoms with van der Waals surface area (Å²) in [4.78, 5) is 0. The van der Waals surface area contributed by atoms with Crippen LogP contribution in [0, 0.1) is 0 Å². The monoisotopic (exact) mass is 187 g/mol. The van der Waals surface area contributed by atoms with Crippen molar-refractivity contribution in [3.63, 3.8) is 0 Å². The highest BCUT2D eigenvalue weighted by Crippen LogP contribution is 2.17. The summed E-state index contributed by atoms with van der Waals surface area (Å²) in [5.74, 6) is 0. The molecule has 1 rings (SSSR count). The standard InChI is InChI=1S/C10H21NO2/c1-9(2)13-8-7-12-6-5-11-10-3-4-10/h9-11H,3-8H2,1-2H3. The Morgan fingerprint density at radius 1 is 1.23 bits per heavy atom. The van der Waals surface area contributed by atoms with E-state index < -0.39 is 0 Å². The predicted octanol–water partition coefficient (Wildman–Crippen LogP) is 1.18. The van der Waals surface area contributed by atoms with Crippen LogP contribution in [0.3, 0.4) is 0 Å². The molecule has 0 heterocycles. The van der Waals surface area contributed by atoms with Crippen LogP contribution >= 0.6 is 0 Å². The zero-order valence-electron chi connectivity index (χ0n) is 8.71. The molecular formula is C10H21NO2. The largest absolute Gasteiger partial charge is 0.378 e. The Morgan fingerprint density at radius 3 is 2.62 bits per heavy atom. The van der Waals surface area contributed by atoms with Crippen molar-refractivity contribution < 1.29 is 9.47 Å². The molecule has 3 heteroatoms. The highest BCUT2D eigenvalue weighted by atomic mass is 16.5. The van der Waals surface area contributed by atoms with Gasteiger partial charge in [-0.3, -0.25) is 0 Å². The quantitative estimate of drug-likeness (QED) is 0.579. The van der Waals surface area contributed by atoms with Crippen molar-refractivity contribution >= 4 is 0 Å². The van der Waals surface area contributed by atoms with Gasteiger partial charge in [-0.25, -0.2) is 0 Å². The zero-order chi connectivity index (χ0) is 9.52. The lowest BCUT2D eigenvalue weighted by atomic mass is 10.5. The second kappa shape index (κ2) is 6.35. The van der Waals surface area contributed by atoms with E-state index in [0.717, 1.165) is 19.2 Å². The van der Waals surface area contributed by atoms with Crippen LogP contribution < -0.4 is 5.32 Å². The normalized spacial score (nSPS) is 16.8. The summed E-state index contributed by atoms with van der Waals surface area (Å²) in [5, 5.41) is 3.39. The van der Waals surface area contributed by atoms with Gasteiger partial charge < -0.3 is 14.8 Å². The Hall–Kier alpha value is -0.120. The van der Waals surface area contributed by atoms with E-state index in [0.29, 0.717) is 19.3 Å². The molecule has 0 aromatic rings. The van der Waals surface area contributed by atoms with Gasteiger partial charge in [0, 0.05) is 12.6 Å². The maximum atomic E-state index is 5.37. The number of hydrogen-bond acceptors (Lipinski definition) is 3. The molecule has 1 aliphatic rings. The van der Waals surface area contributed by atoms with E-state index in [1.165, 1.54) is 12.8 Å². The predicted molar refractivity (Wildman–Crippen MR) is 52.9 cm³/mol. The molecular weight excluding hydrogens is 166 g/mol. The highest BCUT2D eigenvalue weighted by Gasteiger charge is 2.19. The minimum Gasteiger partial charge on any atom is -0.378 e. The summed E-state index contributed by atoms with van der Waals surface area (Å²) in [6, 6.07) is 0.788. The minimum absolute atomic E-state index is 0.313. The molecule has 0 radical (unpaired) electrons. The summed E-state index contributed by atoms with van der Waals surface area (Å²) in [7, 11) is 0. The van der Waals surface area contributed by atoms with Crippen LogP contribution in [-0.4, -0.2) is 38.5 Å². The molecule has 0 aromatic carbocycles. The second-order valence-electron chi connectivity index (χ2n) is 3.76. The van der Waals surface area contributed by atoms with Crippen LogP contribution in [0.1, 0.15) is 26.7 Å². The molecule has 13 heavy (non-hydrogen) atoms. The van der Waals surface area contributed by atoms with Crippen molar-refractivity contribution in [2.45, 2.75) is 38.8 Å². The Labute approximate surface area is 80.8 Å². The van der Waals surface area contributed by atoms with E-state index in [4.69, 9.17) is 9.47 Å². The van der Waals surface area contributed by atoms with Crippen molar-refractivity contribution in [3.8, 4) is 0 Å². The first kappa shape index (κ1) is 11.0. The van der Waals surface area contributed by atoms with Crippen LogP contribution in [-0.2, 0) is 9.47 Å². The first-order chi connectivity index (χ1) is 6.29. The number of nitrogens with one attached hydrogen (secondary N) is 1. The summed E-state index contributed by atoms with van der Waals surface area (Å²) >= 11 is 0. The van der Waals surface area contributed by atoms with Gasteiger partial charge in [0.2, 0.25) is 0 Å². The summed E-state index contributed by atoms with van der Waals surface area (Å²) in [6.07, 6.45) is 3.00. The first-order valence-electron chi connectivity index (χ1n) is 5.22. The molecule has 0 saturated heterocycles. The lowest BCUT2D eigenvalue weighted by Gasteiger charge is -2.08. The Bertz CT molecular complexity index is 118. The van der Waals surface area contributed by atoms with Crippen molar-refractivity contribution in [1.82, 2.24) is 5.32 Å². The average Bonchev–Trinajstić information content (AvgIpc) is 2.86. The van der Waals surface area contributed by atoms with Gasteiger partial charge >= 0.3 is 0 Å². The molecule has 1 saturated carbocycles. The Balaban J connectivity index is 1.68. The van der Waals surface area contributed by atoms with Gasteiger partial charge in [0.15, 0.2) is 0 Å². The van der Waals surface area contributed by atoms with E-state index in [1.54, 1.807) is 0 Å². The van der Waals surface area contributed by atoms with E-state index in [1.807, 2.05) is 13.8 Å². The van der Waals surface area contributed by atoms with Crippen molar-refractivity contribution in [3.05, 3.63) is 0 Å². The second-order valence-corrected chi connectivity index (χ2v) is 3.76. The summed E-state index contributed by atoms with van der Waals surface area (Å²) in [5.41, 5.74) is 0. The van der Waals surface area contributed by atoms with E-state index >= 15 is 0 Å². The van der Waals surface area contributed by atoms with Crippen molar-refractivity contribution in [1.29, 1.82) is 0 Å². The Kier molecular flexibility index (Phi) is 5.35. The third kappa shape index (κ3) is 6.99. The molecule has 0 amide bonds. The fraction of sp³-hybridized carbons (Fsp3) is 1.00. The van der Waals surface area contributed by atoms with Gasteiger partial charge in [0.25, 0.3) is 0 Å². The SMILES string of the molecule is CC(C)OCCOCCNC1CC1. The van der Waals surface area contributed by atoms with Gasteiger partial charge in [0.1, 0.15) is 0 Å². The van der Waals surface area contributed by atoms with Gasteiger partial charge in [-0.15, -0.1) is 0 Å². The lowest BCUT2D eigenvalue weighted by molar-refractivity contribution is 0.0204. The molecule has 3 nitrogen and oxygen atoms in total. The molecule has 78 valence electrons. The lowest BCUT2D eigenvalue weighted by Crippen LogP contribution is -2.22. The first-order valence-corrected chi connectivity index (χ1v) is 5.22.